The van der Waals surface area contributed by atoms with Crippen LogP contribution in [0.2, 0.25) is 0 Å². The third-order valence-electron chi connectivity index (χ3n) is 5.16. The molecule has 0 saturated carbocycles. The number of aromatic amines is 1. The van der Waals surface area contributed by atoms with Crippen molar-refractivity contribution >= 4 is 23.8 Å². The number of aromatic nitrogens is 3. The molecule has 2 amide bonds. The van der Waals surface area contributed by atoms with E-state index >= 15 is 0 Å². The number of pyridine rings is 1. The van der Waals surface area contributed by atoms with Gasteiger partial charge >= 0.3 is 0 Å². The van der Waals surface area contributed by atoms with E-state index in [4.69, 9.17) is 4.98 Å². The summed E-state index contributed by atoms with van der Waals surface area (Å²) >= 11 is 0. The Kier molecular flexibility index (Phi) is 6.71. The van der Waals surface area contributed by atoms with E-state index < -0.39 is 0 Å². The number of benzene rings is 1. The molecule has 1 saturated heterocycles. The summed E-state index contributed by atoms with van der Waals surface area (Å²) in [6, 6.07) is 9.85. The summed E-state index contributed by atoms with van der Waals surface area (Å²) in [7, 11) is 0. The molecule has 1 aliphatic heterocycles. The Morgan fingerprint density at radius 3 is 2.94 bits per heavy atom. The fraction of sp³-hybridized carbons (Fsp3) is 0.273. The van der Waals surface area contributed by atoms with E-state index in [1.165, 1.54) is 17.0 Å². The molecule has 0 bridgehead atoms. The number of H-pyrrole nitrogens is 1. The van der Waals surface area contributed by atoms with Gasteiger partial charge in [-0.05, 0) is 36.2 Å². The molecule has 3 heterocycles. The molecule has 166 valence electrons. The van der Waals surface area contributed by atoms with E-state index in [1.54, 1.807) is 18.5 Å². The number of piperazine rings is 1. The fourth-order valence-corrected chi connectivity index (χ4v) is 3.62. The summed E-state index contributed by atoms with van der Waals surface area (Å²) in [5.41, 5.74) is 2.94. The molecule has 0 aliphatic carbocycles. The highest BCUT2D eigenvalue weighted by atomic mass is 19.1. The predicted octanol–water partition coefficient (Wildman–Crippen LogP) is 1.32. The topological polar surface area (TPSA) is 115 Å². The number of halogens is 1. The van der Waals surface area contributed by atoms with Crippen LogP contribution in [0, 0.1) is 5.82 Å². The molecule has 9 nitrogen and oxygen atoms in total. The third kappa shape index (κ3) is 5.27. The van der Waals surface area contributed by atoms with Crippen LogP contribution in [-0.4, -0.2) is 59.7 Å². The molecule has 4 rings (SSSR count). The largest absolute Gasteiger partial charge is 0.368 e. The Labute approximate surface area is 184 Å². The summed E-state index contributed by atoms with van der Waals surface area (Å²) in [6.07, 6.45) is 4.71. The van der Waals surface area contributed by atoms with Crippen molar-refractivity contribution in [3.05, 3.63) is 60.2 Å². The van der Waals surface area contributed by atoms with Gasteiger partial charge in [0.2, 0.25) is 12.3 Å². The van der Waals surface area contributed by atoms with Gasteiger partial charge in [0.05, 0.1) is 30.2 Å². The highest BCUT2D eigenvalue weighted by Gasteiger charge is 2.22. The minimum absolute atomic E-state index is 0.103. The lowest BCUT2D eigenvalue weighted by atomic mass is 10.1. The Bertz CT molecular complexity index is 1070. The first-order chi connectivity index (χ1) is 15.6. The molecular formula is C22H24FN7O2. The molecule has 1 unspecified atom stereocenters. The smallest absolute Gasteiger partial charge is 0.234 e. The third-order valence-corrected chi connectivity index (χ3v) is 5.16. The molecule has 1 aliphatic rings. The highest BCUT2D eigenvalue weighted by Crippen LogP contribution is 2.28. The van der Waals surface area contributed by atoms with Crippen LogP contribution < -0.4 is 20.9 Å². The average molecular weight is 437 g/mol. The molecule has 1 atom stereocenters. The number of nitrogens with one attached hydrogen (secondary N) is 4. The summed E-state index contributed by atoms with van der Waals surface area (Å²) in [4.78, 5) is 29.8. The monoisotopic (exact) mass is 437 g/mol. The molecule has 1 fully saturated rings. The van der Waals surface area contributed by atoms with E-state index in [0.717, 1.165) is 17.5 Å². The Morgan fingerprint density at radius 2 is 2.19 bits per heavy atom. The summed E-state index contributed by atoms with van der Waals surface area (Å²) in [5, 5.41) is 15.9. The van der Waals surface area contributed by atoms with Crippen molar-refractivity contribution < 1.29 is 14.0 Å². The number of hydrogen-bond acceptors (Lipinski definition) is 6. The second kappa shape index (κ2) is 10.0. The van der Waals surface area contributed by atoms with Crippen LogP contribution in [0.4, 0.5) is 15.9 Å². The summed E-state index contributed by atoms with van der Waals surface area (Å²) < 4.78 is 13.5. The van der Waals surface area contributed by atoms with Crippen molar-refractivity contribution in [3.63, 3.8) is 0 Å². The maximum Gasteiger partial charge on any atom is 0.234 e. The Hall–Kier alpha value is -3.79. The predicted molar refractivity (Wildman–Crippen MR) is 119 cm³/mol. The minimum Gasteiger partial charge on any atom is -0.368 e. The van der Waals surface area contributed by atoms with Crippen molar-refractivity contribution in [2.75, 3.05) is 36.4 Å². The zero-order valence-electron chi connectivity index (χ0n) is 17.3. The summed E-state index contributed by atoms with van der Waals surface area (Å²) in [6.45, 7) is 1.63. The van der Waals surface area contributed by atoms with Gasteiger partial charge < -0.3 is 20.9 Å². The average Bonchev–Trinajstić information content (AvgIpc) is 3.33. The lowest BCUT2D eigenvalue weighted by Crippen LogP contribution is -2.56. The van der Waals surface area contributed by atoms with Gasteiger partial charge in [-0.3, -0.25) is 14.7 Å². The number of amides is 2. The molecule has 32 heavy (non-hydrogen) atoms. The zero-order valence-corrected chi connectivity index (χ0v) is 17.3. The van der Waals surface area contributed by atoms with Gasteiger partial charge in [0.1, 0.15) is 5.82 Å². The van der Waals surface area contributed by atoms with Crippen molar-refractivity contribution in [2.24, 2.45) is 0 Å². The van der Waals surface area contributed by atoms with Crippen molar-refractivity contribution in [3.8, 4) is 11.3 Å². The van der Waals surface area contributed by atoms with E-state index in [2.05, 4.69) is 26.1 Å². The Morgan fingerprint density at radius 1 is 1.28 bits per heavy atom. The second-order valence-electron chi connectivity index (χ2n) is 7.51. The van der Waals surface area contributed by atoms with Crippen LogP contribution in [-0.2, 0) is 16.0 Å². The van der Waals surface area contributed by atoms with Crippen LogP contribution in [0.3, 0.4) is 0 Å². The standard InChI is InChI=1S/C22H24FN7O2/c23-17-3-1-2-15(8-17)6-7-25-22-20(5-4-19(29-22)16-9-26-27-10-16)30(14-31)13-18-11-24-12-21(32)28-18/h1-5,8-10,14,18,24H,6-7,11-13H2,(H,25,29)(H,26,27)(H,28,32). The lowest BCUT2D eigenvalue weighted by Gasteiger charge is -2.29. The number of nitrogens with zero attached hydrogens (tertiary/aromatic N) is 3. The van der Waals surface area contributed by atoms with Gasteiger partial charge in [0.15, 0.2) is 5.82 Å². The van der Waals surface area contributed by atoms with Crippen LogP contribution >= 0.6 is 0 Å². The first-order valence-electron chi connectivity index (χ1n) is 10.3. The fourth-order valence-electron chi connectivity index (χ4n) is 3.62. The van der Waals surface area contributed by atoms with Gasteiger partial charge in [-0.1, -0.05) is 12.1 Å². The minimum atomic E-state index is -0.279. The number of carbonyl (C=O) groups excluding carboxylic acids is 2. The van der Waals surface area contributed by atoms with Crippen LogP contribution in [0.1, 0.15) is 5.56 Å². The maximum absolute atomic E-state index is 13.5. The highest BCUT2D eigenvalue weighted by molar-refractivity contribution is 5.84. The quantitative estimate of drug-likeness (QED) is 0.376. The van der Waals surface area contributed by atoms with E-state index in [1.807, 2.05) is 18.2 Å². The Balaban J connectivity index is 1.55. The summed E-state index contributed by atoms with van der Waals surface area (Å²) in [5.74, 6) is 0.134. The van der Waals surface area contributed by atoms with Gasteiger partial charge in [-0.2, -0.15) is 5.10 Å². The van der Waals surface area contributed by atoms with E-state index in [0.29, 0.717) is 43.3 Å². The second-order valence-corrected chi connectivity index (χ2v) is 7.51. The molecule has 4 N–H and O–H groups in total. The molecule has 10 heteroatoms. The first kappa shape index (κ1) is 21.4. The number of rotatable bonds is 9. The van der Waals surface area contributed by atoms with Crippen LogP contribution in [0.15, 0.2) is 48.8 Å². The van der Waals surface area contributed by atoms with Gasteiger partial charge in [-0.25, -0.2) is 9.37 Å². The van der Waals surface area contributed by atoms with Gasteiger partial charge in [0.25, 0.3) is 0 Å². The van der Waals surface area contributed by atoms with Crippen molar-refractivity contribution in [1.82, 2.24) is 25.8 Å². The van der Waals surface area contributed by atoms with Crippen molar-refractivity contribution in [1.29, 1.82) is 0 Å². The number of carbonyl (C=O) groups is 2. The normalized spacial score (nSPS) is 15.8. The molecular weight excluding hydrogens is 413 g/mol. The van der Waals surface area contributed by atoms with Crippen molar-refractivity contribution in [2.45, 2.75) is 12.5 Å². The van der Waals surface area contributed by atoms with Crippen LogP contribution in [0.25, 0.3) is 11.3 Å². The zero-order chi connectivity index (χ0) is 22.3. The number of hydrogen-bond donors (Lipinski definition) is 4. The number of anilines is 2. The molecule has 0 radical (unpaired) electrons. The SMILES string of the molecule is O=CN(CC1CNCC(=O)N1)c1ccc(-c2cn[nH]c2)nc1NCCc1cccc(F)c1. The molecule has 2 aromatic heterocycles. The lowest BCUT2D eigenvalue weighted by molar-refractivity contribution is -0.122. The van der Waals surface area contributed by atoms with E-state index in [-0.39, 0.29) is 24.3 Å². The molecule has 1 aromatic carbocycles. The van der Waals surface area contributed by atoms with E-state index in [9.17, 15) is 14.0 Å². The first-order valence-corrected chi connectivity index (χ1v) is 10.3. The maximum atomic E-state index is 13.5. The van der Waals surface area contributed by atoms with Gasteiger partial charge in [-0.15, -0.1) is 0 Å². The van der Waals surface area contributed by atoms with Crippen LogP contribution in [0.5, 0.6) is 0 Å². The molecule has 0 spiro atoms. The molecule has 3 aromatic rings. The van der Waals surface area contributed by atoms with Gasteiger partial charge in [0, 0.05) is 31.4 Å².